The Morgan fingerprint density at radius 1 is 0.889 bits per heavy atom. The van der Waals surface area contributed by atoms with Gasteiger partial charge in [0.25, 0.3) is 11.7 Å². The highest BCUT2D eigenvalue weighted by Crippen LogP contribution is 2.35. The van der Waals surface area contributed by atoms with E-state index < -0.39 is 11.7 Å². The highest BCUT2D eigenvalue weighted by molar-refractivity contribution is 6.52. The molecule has 1 heterocycles. The number of benzene rings is 2. The lowest BCUT2D eigenvalue weighted by Crippen LogP contribution is -2.12. The molecule has 2 aromatic carbocycles. The third-order valence-corrected chi connectivity index (χ3v) is 2.69. The van der Waals surface area contributed by atoms with Crippen LogP contribution in [0.1, 0.15) is 10.4 Å². The van der Waals surface area contributed by atoms with Crippen molar-refractivity contribution >= 4 is 17.4 Å². The van der Waals surface area contributed by atoms with Crippen LogP contribution in [0, 0.1) is 0 Å². The van der Waals surface area contributed by atoms with Gasteiger partial charge in [-0.15, -0.1) is 0 Å². The van der Waals surface area contributed by atoms with E-state index in [1.807, 2.05) is 18.2 Å². The number of carbonyl (C=O) groups is 2. The first-order valence-corrected chi connectivity index (χ1v) is 5.47. The topological polar surface area (TPSA) is 55.4 Å². The normalized spacial score (nSPS) is 13.1. The van der Waals surface area contributed by atoms with Crippen LogP contribution in [-0.4, -0.2) is 11.7 Å². The number of hydrogen-bond acceptors (Lipinski definition) is 3. The first-order valence-electron chi connectivity index (χ1n) is 5.47. The molecule has 3 rings (SSSR count). The third-order valence-electron chi connectivity index (χ3n) is 2.69. The van der Waals surface area contributed by atoms with Gasteiger partial charge in [0.15, 0.2) is 5.75 Å². The lowest BCUT2D eigenvalue weighted by molar-refractivity contribution is -0.112. The highest BCUT2D eigenvalue weighted by Gasteiger charge is 2.30. The van der Waals surface area contributed by atoms with E-state index in [9.17, 15) is 9.59 Å². The fourth-order valence-corrected chi connectivity index (χ4v) is 1.84. The first-order chi connectivity index (χ1) is 8.75. The molecule has 0 atom stereocenters. The van der Waals surface area contributed by atoms with Gasteiger partial charge in [0.05, 0.1) is 11.3 Å². The van der Waals surface area contributed by atoms with E-state index in [0.717, 1.165) is 0 Å². The molecule has 88 valence electrons. The van der Waals surface area contributed by atoms with Gasteiger partial charge < -0.3 is 10.1 Å². The van der Waals surface area contributed by atoms with Gasteiger partial charge in [-0.25, -0.2) is 0 Å². The molecule has 18 heavy (non-hydrogen) atoms. The molecule has 0 radical (unpaired) electrons. The smallest absolute Gasteiger partial charge is 0.296 e. The van der Waals surface area contributed by atoms with Gasteiger partial charge in [-0.05, 0) is 24.3 Å². The summed E-state index contributed by atoms with van der Waals surface area (Å²) < 4.78 is 5.65. The number of nitrogens with one attached hydrogen (secondary N) is 1. The van der Waals surface area contributed by atoms with Crippen LogP contribution in [0.5, 0.6) is 11.5 Å². The number of para-hydroxylation sites is 2. The monoisotopic (exact) mass is 239 g/mol. The summed E-state index contributed by atoms with van der Waals surface area (Å²) in [5.41, 5.74) is 0.796. The van der Waals surface area contributed by atoms with Crippen molar-refractivity contribution in [1.29, 1.82) is 0 Å². The van der Waals surface area contributed by atoms with Gasteiger partial charge in [0.1, 0.15) is 5.75 Å². The van der Waals surface area contributed by atoms with Crippen molar-refractivity contribution in [2.45, 2.75) is 0 Å². The van der Waals surface area contributed by atoms with Crippen molar-refractivity contribution in [2.75, 3.05) is 5.32 Å². The molecule has 1 amide bonds. The average Bonchev–Trinajstić information content (AvgIpc) is 2.69. The van der Waals surface area contributed by atoms with E-state index >= 15 is 0 Å². The number of anilines is 1. The van der Waals surface area contributed by atoms with Crippen molar-refractivity contribution in [3.05, 3.63) is 54.1 Å². The maximum absolute atomic E-state index is 11.5. The number of Topliss-reactive ketones (excluding diaryl/α,β-unsaturated/α-hetero) is 1. The average molecular weight is 239 g/mol. The summed E-state index contributed by atoms with van der Waals surface area (Å²) in [5, 5.41) is 2.52. The van der Waals surface area contributed by atoms with Crippen LogP contribution in [-0.2, 0) is 4.79 Å². The number of fused-ring (bicyclic) bond motifs is 1. The van der Waals surface area contributed by atoms with Gasteiger partial charge >= 0.3 is 0 Å². The number of carbonyl (C=O) groups excluding carboxylic acids is 2. The Morgan fingerprint density at radius 3 is 2.44 bits per heavy atom. The van der Waals surface area contributed by atoms with Crippen LogP contribution in [0.25, 0.3) is 0 Å². The molecule has 1 aliphatic heterocycles. The minimum absolute atomic E-state index is 0.355. The fraction of sp³-hybridized carbons (Fsp3) is 0. The summed E-state index contributed by atoms with van der Waals surface area (Å²) in [6.45, 7) is 0. The lowest BCUT2D eigenvalue weighted by atomic mass is 10.1. The number of rotatable bonds is 2. The Bertz CT molecular complexity index is 635. The van der Waals surface area contributed by atoms with Gasteiger partial charge in [0.2, 0.25) is 0 Å². The Balaban J connectivity index is 2.01. The second kappa shape index (κ2) is 4.00. The summed E-state index contributed by atoms with van der Waals surface area (Å²) in [6.07, 6.45) is 0. The second-order valence-electron chi connectivity index (χ2n) is 3.88. The van der Waals surface area contributed by atoms with E-state index in [0.29, 0.717) is 22.7 Å². The molecule has 2 aromatic rings. The molecule has 1 N–H and O–H groups in total. The van der Waals surface area contributed by atoms with Crippen molar-refractivity contribution in [3.63, 3.8) is 0 Å². The molecular weight excluding hydrogens is 230 g/mol. The Morgan fingerprint density at radius 2 is 1.67 bits per heavy atom. The highest BCUT2D eigenvalue weighted by atomic mass is 16.5. The number of ether oxygens (including phenoxy) is 1. The number of hydrogen-bond donors (Lipinski definition) is 1. The van der Waals surface area contributed by atoms with Crippen LogP contribution < -0.4 is 10.1 Å². The minimum atomic E-state index is -0.617. The Kier molecular flexibility index (Phi) is 2.34. The van der Waals surface area contributed by atoms with E-state index in [1.165, 1.54) is 0 Å². The maximum atomic E-state index is 11.5. The first kappa shape index (κ1) is 10.5. The molecule has 0 saturated carbocycles. The lowest BCUT2D eigenvalue weighted by Gasteiger charge is -2.09. The SMILES string of the molecule is O=C1Nc2c(Oc3ccccc3)cccc2C1=O. The van der Waals surface area contributed by atoms with Crippen molar-refractivity contribution in [2.24, 2.45) is 0 Å². The van der Waals surface area contributed by atoms with Gasteiger partial charge in [-0.2, -0.15) is 0 Å². The van der Waals surface area contributed by atoms with Gasteiger partial charge in [-0.3, -0.25) is 9.59 Å². The van der Waals surface area contributed by atoms with Crippen LogP contribution in [0.4, 0.5) is 5.69 Å². The summed E-state index contributed by atoms with van der Waals surface area (Å²) >= 11 is 0. The predicted octanol–water partition coefficient (Wildman–Crippen LogP) is 2.61. The maximum Gasteiger partial charge on any atom is 0.296 e. The van der Waals surface area contributed by atoms with E-state index in [1.54, 1.807) is 30.3 Å². The molecule has 0 fully saturated rings. The van der Waals surface area contributed by atoms with Crippen molar-refractivity contribution in [3.8, 4) is 11.5 Å². The molecule has 0 spiro atoms. The molecule has 0 aromatic heterocycles. The van der Waals surface area contributed by atoms with Crippen molar-refractivity contribution in [1.82, 2.24) is 0 Å². The minimum Gasteiger partial charge on any atom is -0.455 e. The number of ketones is 1. The quantitative estimate of drug-likeness (QED) is 0.819. The molecule has 0 aliphatic carbocycles. The Labute approximate surface area is 103 Å². The van der Waals surface area contributed by atoms with E-state index in [4.69, 9.17) is 4.74 Å². The molecule has 0 unspecified atom stereocenters. The van der Waals surface area contributed by atoms with Gasteiger partial charge in [0, 0.05) is 0 Å². The molecule has 4 nitrogen and oxygen atoms in total. The molecule has 0 bridgehead atoms. The van der Waals surface area contributed by atoms with E-state index in [2.05, 4.69) is 5.32 Å². The van der Waals surface area contributed by atoms with Crippen LogP contribution in [0.3, 0.4) is 0 Å². The van der Waals surface area contributed by atoms with Crippen LogP contribution in [0.2, 0.25) is 0 Å². The third kappa shape index (κ3) is 1.64. The standard InChI is InChI=1S/C14H9NO3/c16-13-10-7-4-8-11(12(10)15-14(13)17)18-9-5-2-1-3-6-9/h1-8H,(H,15,16,17). The second-order valence-corrected chi connectivity index (χ2v) is 3.88. The molecule has 1 aliphatic rings. The number of amides is 1. The van der Waals surface area contributed by atoms with Crippen LogP contribution >= 0.6 is 0 Å². The molecule has 0 saturated heterocycles. The van der Waals surface area contributed by atoms with E-state index in [-0.39, 0.29) is 0 Å². The molecule has 4 heteroatoms. The van der Waals surface area contributed by atoms with Crippen molar-refractivity contribution < 1.29 is 14.3 Å². The fourth-order valence-electron chi connectivity index (χ4n) is 1.84. The zero-order valence-corrected chi connectivity index (χ0v) is 9.34. The zero-order valence-electron chi connectivity index (χ0n) is 9.34. The zero-order chi connectivity index (χ0) is 12.5. The van der Waals surface area contributed by atoms with Gasteiger partial charge in [-0.1, -0.05) is 24.3 Å². The largest absolute Gasteiger partial charge is 0.455 e. The summed E-state index contributed by atoms with van der Waals surface area (Å²) in [4.78, 5) is 22.9. The summed E-state index contributed by atoms with van der Waals surface area (Å²) in [6, 6.07) is 14.2. The van der Waals surface area contributed by atoms with Crippen LogP contribution in [0.15, 0.2) is 48.5 Å². The molecular formula is C14H9NO3. The Hall–Kier alpha value is -2.62. The summed E-state index contributed by atoms with van der Waals surface area (Å²) in [7, 11) is 0. The predicted molar refractivity (Wildman–Crippen MR) is 65.9 cm³/mol. The summed E-state index contributed by atoms with van der Waals surface area (Å²) in [5.74, 6) is -0.0185.